The van der Waals surface area contributed by atoms with Crippen LogP contribution in [0.25, 0.3) is 10.9 Å². The summed E-state index contributed by atoms with van der Waals surface area (Å²) in [4.78, 5) is 29.5. The Kier molecular flexibility index (Phi) is 3.88. The van der Waals surface area contributed by atoms with Gasteiger partial charge in [-0.2, -0.15) is 0 Å². The lowest BCUT2D eigenvalue weighted by molar-refractivity contribution is -0.123. The van der Waals surface area contributed by atoms with Crippen LogP contribution < -0.4 is 5.73 Å². The number of amides is 2. The van der Waals surface area contributed by atoms with Gasteiger partial charge in [0.1, 0.15) is 0 Å². The van der Waals surface area contributed by atoms with Crippen LogP contribution >= 0.6 is 0 Å². The van der Waals surface area contributed by atoms with Crippen LogP contribution in [0, 0.1) is 19.8 Å². The number of H-pyrrole nitrogens is 1. The Bertz CT molecular complexity index is 778. The van der Waals surface area contributed by atoms with Crippen molar-refractivity contribution >= 4 is 22.7 Å². The quantitative estimate of drug-likeness (QED) is 0.893. The minimum Gasteiger partial charge on any atom is -0.369 e. The van der Waals surface area contributed by atoms with Crippen molar-refractivity contribution in [3.63, 3.8) is 0 Å². The number of hydrogen-bond acceptors (Lipinski definition) is 2. The summed E-state index contributed by atoms with van der Waals surface area (Å²) in [5.74, 6) is -0.582. The topological polar surface area (TPSA) is 79.2 Å². The number of primary amides is 1. The minimum absolute atomic E-state index is 0.0244. The Morgan fingerprint density at radius 1 is 1.26 bits per heavy atom. The fourth-order valence-electron chi connectivity index (χ4n) is 3.38. The molecule has 0 saturated carbocycles. The molecule has 2 aromatic rings. The van der Waals surface area contributed by atoms with Crippen molar-refractivity contribution in [3.05, 3.63) is 35.0 Å². The Balaban J connectivity index is 1.92. The monoisotopic (exact) mass is 313 g/mol. The van der Waals surface area contributed by atoms with Crippen LogP contribution in [0.3, 0.4) is 0 Å². The lowest BCUT2D eigenvalue weighted by Gasteiger charge is -2.37. The van der Waals surface area contributed by atoms with Crippen molar-refractivity contribution in [2.24, 2.45) is 11.7 Å². The number of aromatic nitrogens is 1. The molecule has 0 spiro atoms. The number of likely N-dealkylation sites (tertiary alicyclic amines) is 1. The maximum atomic E-state index is 12.9. The van der Waals surface area contributed by atoms with E-state index in [9.17, 15) is 9.59 Å². The summed E-state index contributed by atoms with van der Waals surface area (Å²) in [5.41, 5.74) is 9.41. The third kappa shape index (κ3) is 2.71. The van der Waals surface area contributed by atoms with Crippen LogP contribution in [0.1, 0.15) is 41.4 Å². The first-order chi connectivity index (χ1) is 10.9. The molecule has 1 aliphatic rings. The SMILES string of the molecule is Cc1[nH]c2ccc(C(=O)N3C[C@H](C(N)=O)CC[C@@H]3C)cc2c1C. The lowest BCUT2D eigenvalue weighted by Crippen LogP contribution is -2.48. The molecule has 0 aliphatic carbocycles. The third-order valence-corrected chi connectivity index (χ3v) is 5.10. The smallest absolute Gasteiger partial charge is 0.254 e. The number of benzene rings is 1. The summed E-state index contributed by atoms with van der Waals surface area (Å²) < 4.78 is 0. The summed E-state index contributed by atoms with van der Waals surface area (Å²) in [7, 11) is 0. The number of nitrogens with zero attached hydrogens (tertiary/aromatic N) is 1. The molecule has 122 valence electrons. The summed E-state index contributed by atoms with van der Waals surface area (Å²) >= 11 is 0. The third-order valence-electron chi connectivity index (χ3n) is 5.10. The minimum atomic E-state index is -0.317. The van der Waals surface area contributed by atoms with Crippen LogP contribution in [0.4, 0.5) is 0 Å². The highest BCUT2D eigenvalue weighted by molar-refractivity contribution is 5.99. The van der Waals surface area contributed by atoms with E-state index in [2.05, 4.69) is 11.9 Å². The number of hydrogen-bond donors (Lipinski definition) is 2. The molecule has 2 atom stereocenters. The molecule has 1 saturated heterocycles. The number of aromatic amines is 1. The van der Waals surface area contributed by atoms with Gasteiger partial charge in [-0.05, 0) is 57.4 Å². The van der Waals surface area contributed by atoms with Crippen LogP contribution in [-0.2, 0) is 4.79 Å². The maximum Gasteiger partial charge on any atom is 0.254 e. The summed E-state index contributed by atoms with van der Waals surface area (Å²) in [6, 6.07) is 5.86. The number of carbonyl (C=O) groups is 2. The zero-order valence-electron chi connectivity index (χ0n) is 13.8. The first kappa shape index (κ1) is 15.6. The average Bonchev–Trinajstić information content (AvgIpc) is 2.81. The zero-order valence-corrected chi connectivity index (χ0v) is 13.8. The van der Waals surface area contributed by atoms with Gasteiger partial charge in [-0.15, -0.1) is 0 Å². The van der Waals surface area contributed by atoms with E-state index in [4.69, 9.17) is 5.73 Å². The van der Waals surface area contributed by atoms with Crippen molar-refractivity contribution in [3.8, 4) is 0 Å². The molecule has 2 amide bonds. The van der Waals surface area contributed by atoms with Crippen LogP contribution in [0.5, 0.6) is 0 Å². The largest absolute Gasteiger partial charge is 0.369 e. The molecule has 0 bridgehead atoms. The van der Waals surface area contributed by atoms with Gasteiger partial charge in [0.2, 0.25) is 5.91 Å². The van der Waals surface area contributed by atoms with Gasteiger partial charge in [0.05, 0.1) is 5.92 Å². The second kappa shape index (κ2) is 5.72. The zero-order chi connectivity index (χ0) is 16.7. The Labute approximate surface area is 135 Å². The molecule has 0 radical (unpaired) electrons. The van der Waals surface area contributed by atoms with Crippen LogP contribution in [0.2, 0.25) is 0 Å². The molecule has 3 rings (SSSR count). The summed E-state index contributed by atoms with van der Waals surface area (Å²) in [6.45, 7) is 6.52. The fourth-order valence-corrected chi connectivity index (χ4v) is 3.38. The molecule has 1 aromatic heterocycles. The predicted molar refractivity (Wildman–Crippen MR) is 90.2 cm³/mol. The normalized spacial score (nSPS) is 21.6. The van der Waals surface area contributed by atoms with Crippen LogP contribution in [0.15, 0.2) is 18.2 Å². The van der Waals surface area contributed by atoms with E-state index in [1.807, 2.05) is 32.0 Å². The highest BCUT2D eigenvalue weighted by Gasteiger charge is 2.32. The number of carbonyl (C=O) groups excluding carboxylic acids is 2. The van der Waals surface area contributed by atoms with E-state index in [1.165, 1.54) is 0 Å². The van der Waals surface area contributed by atoms with E-state index < -0.39 is 0 Å². The molecule has 2 heterocycles. The van der Waals surface area contributed by atoms with Gasteiger partial charge >= 0.3 is 0 Å². The molecule has 23 heavy (non-hydrogen) atoms. The first-order valence-corrected chi connectivity index (χ1v) is 8.07. The molecule has 1 aromatic carbocycles. The average molecular weight is 313 g/mol. The van der Waals surface area contributed by atoms with E-state index in [1.54, 1.807) is 4.90 Å². The second-order valence-corrected chi connectivity index (χ2v) is 6.62. The molecule has 3 N–H and O–H groups in total. The fraction of sp³-hybridized carbons (Fsp3) is 0.444. The highest BCUT2D eigenvalue weighted by atomic mass is 16.2. The Morgan fingerprint density at radius 3 is 2.70 bits per heavy atom. The van der Waals surface area contributed by atoms with Crippen molar-refractivity contribution in [2.75, 3.05) is 6.54 Å². The standard InChI is InChI=1S/C18H23N3O2/c1-10-4-5-14(17(19)22)9-21(10)18(23)13-6-7-16-15(8-13)11(2)12(3)20-16/h6-8,10,14,20H,4-5,9H2,1-3H3,(H2,19,22)/t10-,14+/m0/s1. The first-order valence-electron chi connectivity index (χ1n) is 8.07. The maximum absolute atomic E-state index is 12.9. The van der Waals surface area contributed by atoms with E-state index in [0.29, 0.717) is 12.1 Å². The molecular weight excluding hydrogens is 290 g/mol. The van der Waals surface area contributed by atoms with Gasteiger partial charge in [0.15, 0.2) is 0 Å². The number of rotatable bonds is 2. The lowest BCUT2D eigenvalue weighted by atomic mass is 9.92. The van der Waals surface area contributed by atoms with Crippen molar-refractivity contribution in [1.82, 2.24) is 9.88 Å². The van der Waals surface area contributed by atoms with E-state index >= 15 is 0 Å². The number of nitrogens with two attached hydrogens (primary N) is 1. The molecule has 5 nitrogen and oxygen atoms in total. The number of fused-ring (bicyclic) bond motifs is 1. The van der Waals surface area contributed by atoms with Gasteiger partial charge in [-0.1, -0.05) is 0 Å². The van der Waals surface area contributed by atoms with Gasteiger partial charge in [0, 0.05) is 34.7 Å². The van der Waals surface area contributed by atoms with Crippen molar-refractivity contribution in [2.45, 2.75) is 39.7 Å². The number of piperidine rings is 1. The summed E-state index contributed by atoms with van der Waals surface area (Å²) in [5, 5.41) is 1.07. The molecular formula is C18H23N3O2. The van der Waals surface area contributed by atoms with E-state index in [0.717, 1.165) is 35.0 Å². The number of aryl methyl sites for hydroxylation is 2. The van der Waals surface area contributed by atoms with Gasteiger partial charge < -0.3 is 15.6 Å². The molecule has 0 unspecified atom stereocenters. The van der Waals surface area contributed by atoms with Crippen LogP contribution in [-0.4, -0.2) is 34.3 Å². The molecule has 1 aliphatic heterocycles. The second-order valence-electron chi connectivity index (χ2n) is 6.62. The van der Waals surface area contributed by atoms with Gasteiger partial charge in [0.25, 0.3) is 5.91 Å². The summed E-state index contributed by atoms with van der Waals surface area (Å²) in [6.07, 6.45) is 1.57. The molecule has 5 heteroatoms. The van der Waals surface area contributed by atoms with Gasteiger partial charge in [-0.3, -0.25) is 9.59 Å². The Morgan fingerprint density at radius 2 is 2.00 bits per heavy atom. The Hall–Kier alpha value is -2.30. The predicted octanol–water partition coefficient (Wildman–Crippen LogP) is 2.51. The van der Waals surface area contributed by atoms with Crippen molar-refractivity contribution in [1.29, 1.82) is 0 Å². The van der Waals surface area contributed by atoms with Gasteiger partial charge in [-0.25, -0.2) is 0 Å². The highest BCUT2D eigenvalue weighted by Crippen LogP contribution is 2.26. The van der Waals surface area contributed by atoms with Crippen molar-refractivity contribution < 1.29 is 9.59 Å². The molecule has 1 fully saturated rings. The number of nitrogens with one attached hydrogen (secondary N) is 1. The van der Waals surface area contributed by atoms with E-state index in [-0.39, 0.29) is 23.8 Å².